The zero-order valence-corrected chi connectivity index (χ0v) is 37.2. The largest absolute Gasteiger partial charge is 0.573 e. The Morgan fingerprint density at radius 1 is 0.661 bits per heavy atom. The van der Waals surface area contributed by atoms with Gasteiger partial charge in [-0.05, 0) is 115 Å². The van der Waals surface area contributed by atoms with Gasteiger partial charge < -0.3 is 29.9 Å². The highest BCUT2D eigenvalue weighted by molar-refractivity contribution is 9.11. The number of carbonyl (C=O) groups is 2. The average Bonchev–Trinajstić information content (AvgIpc) is 3.84. The minimum Gasteiger partial charge on any atom is -0.406 e. The average molecular weight is 984 g/mol. The molecule has 20 heteroatoms. The van der Waals surface area contributed by atoms with Crippen molar-refractivity contribution < 1.29 is 45.4 Å². The van der Waals surface area contributed by atoms with Crippen LogP contribution in [0.4, 0.5) is 47.3 Å². The first kappa shape index (κ1) is 47.7. The molecular formula is C42H38BrClF6N6O4S2. The molecule has 0 unspecified atom stereocenters. The number of nitrogens with zero attached hydrogens (tertiary/aromatic N) is 4. The predicted octanol–water partition coefficient (Wildman–Crippen LogP) is 13.7. The molecule has 0 saturated heterocycles. The maximum Gasteiger partial charge on any atom is 0.573 e. The van der Waals surface area contributed by atoms with Gasteiger partial charge in [-0.1, -0.05) is 48.0 Å². The summed E-state index contributed by atoms with van der Waals surface area (Å²) in [5.74, 6) is -0.706. The van der Waals surface area contributed by atoms with Crippen molar-refractivity contribution in [3.63, 3.8) is 0 Å². The normalized spacial score (nSPS) is 11.5. The second kappa shape index (κ2) is 21.1. The summed E-state index contributed by atoms with van der Waals surface area (Å²) < 4.78 is 82.9. The van der Waals surface area contributed by atoms with Crippen LogP contribution >= 0.6 is 50.2 Å². The highest BCUT2D eigenvalue weighted by Gasteiger charge is 2.32. The first-order valence-corrected chi connectivity index (χ1v) is 21.3. The Balaban J connectivity index is 0.000000234. The highest BCUT2D eigenvalue weighted by Crippen LogP contribution is 2.31. The van der Waals surface area contributed by atoms with Crippen molar-refractivity contribution in [2.45, 2.75) is 65.6 Å². The highest BCUT2D eigenvalue weighted by atomic mass is 79.9. The van der Waals surface area contributed by atoms with Crippen molar-refractivity contribution in [2.24, 2.45) is 0 Å². The summed E-state index contributed by atoms with van der Waals surface area (Å²) in [6.07, 6.45) is -6.20. The van der Waals surface area contributed by atoms with E-state index in [2.05, 4.69) is 46.0 Å². The van der Waals surface area contributed by atoms with E-state index in [4.69, 9.17) is 11.6 Å². The first-order valence-electron chi connectivity index (χ1n) is 18.5. The van der Waals surface area contributed by atoms with E-state index in [0.29, 0.717) is 28.8 Å². The van der Waals surface area contributed by atoms with Crippen molar-refractivity contribution in [3.8, 4) is 32.6 Å². The van der Waals surface area contributed by atoms with Crippen molar-refractivity contribution in [1.82, 2.24) is 19.8 Å². The Morgan fingerprint density at radius 3 is 1.40 bits per heavy atom. The van der Waals surface area contributed by atoms with Crippen LogP contribution in [-0.2, 0) is 13.1 Å². The quantitative estimate of drug-likeness (QED) is 0.118. The molecule has 4 aromatic carbocycles. The number of anilines is 2. The number of nitrogens with one attached hydrogen (secondary N) is 2. The number of urea groups is 2. The molecule has 4 amide bonds. The van der Waals surface area contributed by atoms with Gasteiger partial charge in [0, 0.05) is 47.7 Å². The smallest absolute Gasteiger partial charge is 0.406 e. The second-order valence-electron chi connectivity index (χ2n) is 13.8. The minimum atomic E-state index is -4.77. The van der Waals surface area contributed by atoms with Crippen molar-refractivity contribution in [3.05, 3.63) is 129 Å². The predicted molar refractivity (Wildman–Crippen MR) is 233 cm³/mol. The number of amides is 4. The summed E-state index contributed by atoms with van der Waals surface area (Å²) in [4.78, 5) is 37.5. The zero-order valence-electron chi connectivity index (χ0n) is 33.2. The molecule has 2 N–H and O–H groups in total. The molecule has 0 fully saturated rings. The van der Waals surface area contributed by atoms with Crippen molar-refractivity contribution in [2.75, 3.05) is 10.6 Å². The Labute approximate surface area is 374 Å². The number of hydrogen-bond acceptors (Lipinski definition) is 8. The molecule has 0 radical (unpaired) electrons. The Morgan fingerprint density at radius 2 is 1.06 bits per heavy atom. The fourth-order valence-electron chi connectivity index (χ4n) is 5.62. The molecule has 2 aromatic heterocycles. The summed E-state index contributed by atoms with van der Waals surface area (Å²) in [6.45, 7) is 8.24. The maximum absolute atomic E-state index is 12.8. The van der Waals surface area contributed by atoms with Crippen LogP contribution in [0.5, 0.6) is 11.5 Å². The van der Waals surface area contributed by atoms with E-state index in [9.17, 15) is 35.9 Å². The molecule has 62 heavy (non-hydrogen) atoms. The summed E-state index contributed by atoms with van der Waals surface area (Å²) >= 11 is 12.3. The molecule has 10 nitrogen and oxygen atoms in total. The topological polar surface area (TPSA) is 109 Å². The lowest BCUT2D eigenvalue weighted by molar-refractivity contribution is -0.275. The number of hydrogen-bond donors (Lipinski definition) is 2. The number of carbonyl (C=O) groups excluding carboxylic acids is 2. The third-order valence-electron chi connectivity index (χ3n) is 8.46. The molecule has 6 aromatic rings. The Kier molecular flexibility index (Phi) is 16.3. The number of thiazole rings is 2. The number of aromatic nitrogens is 2. The molecule has 0 bridgehead atoms. The maximum atomic E-state index is 12.8. The molecule has 0 aliphatic heterocycles. The Hall–Kier alpha value is -5.37. The van der Waals surface area contributed by atoms with E-state index < -0.39 is 12.7 Å². The molecule has 0 aliphatic carbocycles. The third kappa shape index (κ3) is 14.9. The molecule has 2 heterocycles. The van der Waals surface area contributed by atoms with Gasteiger partial charge in [0.15, 0.2) is 0 Å². The van der Waals surface area contributed by atoms with Gasteiger partial charge >= 0.3 is 24.8 Å². The van der Waals surface area contributed by atoms with Gasteiger partial charge in [0.05, 0.1) is 16.2 Å². The number of halogens is 8. The summed E-state index contributed by atoms with van der Waals surface area (Å²) in [7, 11) is 0. The van der Waals surface area contributed by atoms with Crippen molar-refractivity contribution in [1.29, 1.82) is 0 Å². The van der Waals surface area contributed by atoms with Crippen LogP contribution in [0.25, 0.3) is 21.1 Å². The van der Waals surface area contributed by atoms with E-state index in [0.717, 1.165) is 60.3 Å². The fourth-order valence-corrected chi connectivity index (χ4v) is 7.73. The van der Waals surface area contributed by atoms with Crippen LogP contribution in [0, 0.1) is 0 Å². The van der Waals surface area contributed by atoms with Gasteiger partial charge in [0.2, 0.25) is 0 Å². The number of benzene rings is 4. The molecule has 0 spiro atoms. The van der Waals surface area contributed by atoms with E-state index in [-0.39, 0.29) is 35.6 Å². The van der Waals surface area contributed by atoms with Crippen LogP contribution in [0.3, 0.4) is 0 Å². The molecule has 0 aliphatic rings. The lowest BCUT2D eigenvalue weighted by Crippen LogP contribution is -2.39. The Bertz CT molecular complexity index is 2250. The monoisotopic (exact) mass is 982 g/mol. The van der Waals surface area contributed by atoms with Gasteiger partial charge in [-0.25, -0.2) is 19.6 Å². The summed E-state index contributed by atoms with van der Waals surface area (Å²) in [5, 5.41) is 7.08. The fraction of sp³-hybridized carbons (Fsp3) is 0.238. The van der Waals surface area contributed by atoms with E-state index in [1.807, 2.05) is 76.2 Å². The van der Waals surface area contributed by atoms with Crippen LogP contribution in [0.2, 0.25) is 4.34 Å². The molecule has 328 valence electrons. The van der Waals surface area contributed by atoms with Gasteiger partial charge in [-0.15, -0.1) is 49.0 Å². The standard InChI is InChI=1S/C21H19BrF3N3O2S.C21H19ClF3N3O2S/c2*1-13(2)28(12-14-4-3-5-15(10-14)19-26-11-18(22)31-19)20(29)27-16-6-8-17(9-7-16)30-21(23,24)25/h2*3-11,13H,12H2,1-2H3,(H,27,29). The van der Waals surface area contributed by atoms with E-state index in [1.54, 1.807) is 22.2 Å². The second-order valence-corrected chi connectivity index (χ2v) is 17.9. The van der Waals surface area contributed by atoms with Crippen LogP contribution < -0.4 is 20.1 Å². The van der Waals surface area contributed by atoms with Crippen LogP contribution in [0.15, 0.2) is 113 Å². The number of ether oxygens (including phenoxy) is 2. The minimum absolute atomic E-state index is 0.106. The van der Waals surface area contributed by atoms with Crippen molar-refractivity contribution >= 4 is 73.6 Å². The van der Waals surface area contributed by atoms with Crippen LogP contribution in [0.1, 0.15) is 38.8 Å². The molecular weight excluding hydrogens is 946 g/mol. The molecule has 0 atom stereocenters. The SMILES string of the molecule is CC(C)N(Cc1cccc(-c2ncc(Br)s2)c1)C(=O)Nc1ccc(OC(F)(F)F)cc1.CC(C)N(Cc1cccc(-c2ncc(Cl)s2)c1)C(=O)Nc1ccc(OC(F)(F)F)cc1. The zero-order chi connectivity index (χ0) is 45.2. The summed E-state index contributed by atoms with van der Waals surface area (Å²) in [6, 6.07) is 24.5. The number of rotatable bonds is 12. The van der Waals surface area contributed by atoms with Gasteiger partial charge in [0.25, 0.3) is 0 Å². The lowest BCUT2D eigenvalue weighted by atomic mass is 10.1. The van der Waals surface area contributed by atoms with Gasteiger partial charge in [0.1, 0.15) is 25.9 Å². The van der Waals surface area contributed by atoms with E-state index >= 15 is 0 Å². The third-order valence-corrected chi connectivity index (χ3v) is 11.1. The van der Waals surface area contributed by atoms with Gasteiger partial charge in [-0.3, -0.25) is 0 Å². The molecule has 6 rings (SSSR count). The summed E-state index contributed by atoms with van der Waals surface area (Å²) in [5.41, 5.74) is 4.42. The lowest BCUT2D eigenvalue weighted by Gasteiger charge is -2.27. The van der Waals surface area contributed by atoms with E-state index in [1.165, 1.54) is 46.9 Å². The molecule has 0 saturated carbocycles. The van der Waals surface area contributed by atoms with Crippen LogP contribution in [-0.4, -0.2) is 56.6 Å². The van der Waals surface area contributed by atoms with Gasteiger partial charge in [-0.2, -0.15) is 0 Å². The first-order chi connectivity index (χ1) is 29.2. The number of alkyl halides is 6.